The fraction of sp³-hybridized carbons (Fsp3) is 0.600. The third-order valence-electron chi connectivity index (χ3n) is 4.05. The number of likely N-dealkylation sites (N-methyl/N-ethyl adjacent to an activating group) is 1. The summed E-state index contributed by atoms with van der Waals surface area (Å²) in [6.45, 7) is 10.2. The zero-order valence-electron chi connectivity index (χ0n) is 12.1. The number of halogens is 1. The summed E-state index contributed by atoms with van der Waals surface area (Å²) in [6.07, 6.45) is 0. The molecule has 4 heteroatoms. The van der Waals surface area contributed by atoms with Crippen LogP contribution in [0.25, 0.3) is 0 Å². The number of rotatable bonds is 4. The Kier molecular flexibility index (Phi) is 5.25. The average Bonchev–Trinajstić information content (AvgIpc) is 2.46. The molecule has 106 valence electrons. The highest BCUT2D eigenvalue weighted by Crippen LogP contribution is 2.30. The van der Waals surface area contributed by atoms with Crippen molar-refractivity contribution in [2.75, 3.05) is 44.7 Å². The highest BCUT2D eigenvalue weighted by Gasteiger charge is 2.19. The van der Waals surface area contributed by atoms with Crippen LogP contribution in [0.5, 0.6) is 0 Å². The van der Waals surface area contributed by atoms with Gasteiger partial charge in [-0.3, -0.25) is 0 Å². The lowest BCUT2D eigenvalue weighted by Crippen LogP contribution is -2.46. The second-order valence-electron chi connectivity index (χ2n) is 5.13. The largest absolute Gasteiger partial charge is 0.369 e. The highest BCUT2D eigenvalue weighted by molar-refractivity contribution is 9.10. The molecule has 1 aliphatic heterocycles. The van der Waals surface area contributed by atoms with E-state index in [1.165, 1.54) is 24.3 Å². The van der Waals surface area contributed by atoms with Gasteiger partial charge in [-0.2, -0.15) is 0 Å². The summed E-state index contributed by atoms with van der Waals surface area (Å²) in [5, 5.41) is 3.35. The molecule has 2 rings (SSSR count). The van der Waals surface area contributed by atoms with Gasteiger partial charge in [0, 0.05) is 42.4 Å². The molecule has 1 aliphatic rings. The van der Waals surface area contributed by atoms with Crippen molar-refractivity contribution >= 4 is 21.6 Å². The maximum Gasteiger partial charge on any atom is 0.0416 e. The van der Waals surface area contributed by atoms with Gasteiger partial charge in [-0.05, 0) is 44.3 Å². The van der Waals surface area contributed by atoms with Crippen LogP contribution in [-0.2, 0) is 0 Å². The van der Waals surface area contributed by atoms with Gasteiger partial charge in [-0.1, -0.05) is 22.9 Å². The van der Waals surface area contributed by atoms with E-state index in [0.717, 1.165) is 24.1 Å². The molecule has 0 bridgehead atoms. The summed E-state index contributed by atoms with van der Waals surface area (Å²) in [7, 11) is 2.02. The minimum absolute atomic E-state index is 0.372. The van der Waals surface area contributed by atoms with E-state index < -0.39 is 0 Å². The molecule has 1 atom stereocenters. The van der Waals surface area contributed by atoms with Crippen molar-refractivity contribution in [1.82, 2.24) is 10.2 Å². The summed E-state index contributed by atoms with van der Waals surface area (Å²) in [5.41, 5.74) is 2.75. The number of piperazine rings is 1. The van der Waals surface area contributed by atoms with Crippen LogP contribution < -0.4 is 10.2 Å². The lowest BCUT2D eigenvalue weighted by atomic mass is 10.0. The predicted molar refractivity (Wildman–Crippen MR) is 85.9 cm³/mol. The number of nitrogens with zero attached hydrogens (tertiary/aromatic N) is 2. The smallest absolute Gasteiger partial charge is 0.0416 e. The van der Waals surface area contributed by atoms with Crippen molar-refractivity contribution in [2.45, 2.75) is 19.9 Å². The number of nitrogens with one attached hydrogen (secondary N) is 1. The third-order valence-corrected chi connectivity index (χ3v) is 4.54. The number of hydrogen-bond acceptors (Lipinski definition) is 3. The number of benzene rings is 1. The molecule has 1 heterocycles. The average molecular weight is 326 g/mol. The quantitative estimate of drug-likeness (QED) is 0.918. The van der Waals surface area contributed by atoms with E-state index >= 15 is 0 Å². The first-order valence-corrected chi connectivity index (χ1v) is 7.89. The van der Waals surface area contributed by atoms with Crippen molar-refractivity contribution in [2.24, 2.45) is 0 Å². The van der Waals surface area contributed by atoms with Crippen LogP contribution in [-0.4, -0.2) is 44.7 Å². The molecule has 0 aliphatic carbocycles. The molecule has 1 aromatic carbocycles. The van der Waals surface area contributed by atoms with Gasteiger partial charge in [0.2, 0.25) is 0 Å². The fourth-order valence-electron chi connectivity index (χ4n) is 2.62. The topological polar surface area (TPSA) is 18.5 Å². The van der Waals surface area contributed by atoms with Crippen molar-refractivity contribution in [1.29, 1.82) is 0 Å². The predicted octanol–water partition coefficient (Wildman–Crippen LogP) is 2.87. The molecule has 1 saturated heterocycles. The first-order chi connectivity index (χ1) is 9.15. The fourth-order valence-corrected chi connectivity index (χ4v) is 3.00. The van der Waals surface area contributed by atoms with Crippen molar-refractivity contribution in [3.05, 3.63) is 28.2 Å². The van der Waals surface area contributed by atoms with Crippen molar-refractivity contribution in [3.63, 3.8) is 0 Å². The summed E-state index contributed by atoms with van der Waals surface area (Å²) in [4.78, 5) is 5.03. The molecule has 1 aromatic rings. The van der Waals surface area contributed by atoms with E-state index in [-0.39, 0.29) is 0 Å². The molecule has 0 spiro atoms. The van der Waals surface area contributed by atoms with Crippen LogP contribution in [0, 0.1) is 0 Å². The summed E-state index contributed by atoms with van der Waals surface area (Å²) < 4.78 is 1.15. The third kappa shape index (κ3) is 3.50. The van der Waals surface area contributed by atoms with Crippen LogP contribution in [0.4, 0.5) is 5.69 Å². The van der Waals surface area contributed by atoms with E-state index in [0.29, 0.717) is 6.04 Å². The van der Waals surface area contributed by atoms with Crippen LogP contribution >= 0.6 is 15.9 Å². The summed E-state index contributed by atoms with van der Waals surface area (Å²) in [5.74, 6) is 0. The summed E-state index contributed by atoms with van der Waals surface area (Å²) >= 11 is 3.58. The van der Waals surface area contributed by atoms with E-state index in [9.17, 15) is 0 Å². The maximum absolute atomic E-state index is 3.58. The molecule has 0 aromatic heterocycles. The van der Waals surface area contributed by atoms with Crippen LogP contribution in [0.2, 0.25) is 0 Å². The normalized spacial score (nSPS) is 18.6. The van der Waals surface area contributed by atoms with Gasteiger partial charge in [-0.15, -0.1) is 0 Å². The molecular weight excluding hydrogens is 302 g/mol. The van der Waals surface area contributed by atoms with Gasteiger partial charge < -0.3 is 15.1 Å². The van der Waals surface area contributed by atoms with E-state index in [1.54, 1.807) is 0 Å². The van der Waals surface area contributed by atoms with Crippen molar-refractivity contribution in [3.8, 4) is 0 Å². The molecule has 1 unspecified atom stereocenters. The Morgan fingerprint density at radius 1 is 1.26 bits per heavy atom. The highest BCUT2D eigenvalue weighted by atomic mass is 79.9. The molecule has 3 nitrogen and oxygen atoms in total. The molecule has 1 N–H and O–H groups in total. The molecule has 0 radical (unpaired) electrons. The van der Waals surface area contributed by atoms with Crippen LogP contribution in [0.3, 0.4) is 0 Å². The molecule has 0 amide bonds. The molecule has 0 saturated carbocycles. The Labute approximate surface area is 125 Å². The zero-order chi connectivity index (χ0) is 13.8. The van der Waals surface area contributed by atoms with E-state index in [4.69, 9.17) is 0 Å². The maximum atomic E-state index is 3.58. The van der Waals surface area contributed by atoms with Gasteiger partial charge in [-0.25, -0.2) is 0 Å². The first-order valence-electron chi connectivity index (χ1n) is 7.09. The number of hydrogen-bond donors (Lipinski definition) is 1. The van der Waals surface area contributed by atoms with E-state index in [2.05, 4.69) is 63.1 Å². The Hall–Kier alpha value is -0.580. The Morgan fingerprint density at radius 2 is 1.95 bits per heavy atom. The van der Waals surface area contributed by atoms with Gasteiger partial charge >= 0.3 is 0 Å². The molecule has 19 heavy (non-hydrogen) atoms. The van der Waals surface area contributed by atoms with Crippen molar-refractivity contribution < 1.29 is 0 Å². The SMILES string of the molecule is CCN1CCN(c2ccc(Br)cc2C(C)NC)CC1. The second kappa shape index (κ2) is 6.73. The Morgan fingerprint density at radius 3 is 2.53 bits per heavy atom. The van der Waals surface area contributed by atoms with Gasteiger partial charge in [0.05, 0.1) is 0 Å². The van der Waals surface area contributed by atoms with Crippen LogP contribution in [0.15, 0.2) is 22.7 Å². The van der Waals surface area contributed by atoms with E-state index in [1.807, 2.05) is 7.05 Å². The summed E-state index contributed by atoms with van der Waals surface area (Å²) in [6, 6.07) is 7.00. The minimum Gasteiger partial charge on any atom is -0.369 e. The Balaban J connectivity index is 2.20. The standard InChI is InChI=1S/C15H24BrN3/c1-4-18-7-9-19(10-8-18)15-6-5-13(16)11-14(15)12(2)17-3/h5-6,11-12,17H,4,7-10H2,1-3H3. The minimum atomic E-state index is 0.372. The lowest BCUT2D eigenvalue weighted by Gasteiger charge is -2.37. The van der Waals surface area contributed by atoms with Crippen LogP contribution in [0.1, 0.15) is 25.5 Å². The zero-order valence-corrected chi connectivity index (χ0v) is 13.7. The van der Waals surface area contributed by atoms with Gasteiger partial charge in [0.25, 0.3) is 0 Å². The monoisotopic (exact) mass is 325 g/mol. The lowest BCUT2D eigenvalue weighted by molar-refractivity contribution is 0.271. The van der Waals surface area contributed by atoms with Gasteiger partial charge in [0.1, 0.15) is 0 Å². The van der Waals surface area contributed by atoms with Gasteiger partial charge in [0.15, 0.2) is 0 Å². The first kappa shape index (κ1) is 14.8. The Bertz CT molecular complexity index is 414. The molecular formula is C15H24BrN3. The number of anilines is 1. The second-order valence-corrected chi connectivity index (χ2v) is 6.05. The molecule has 1 fully saturated rings.